The van der Waals surface area contributed by atoms with E-state index in [1.165, 1.54) is 5.56 Å². The summed E-state index contributed by atoms with van der Waals surface area (Å²) in [7, 11) is 0. The fraction of sp³-hybridized carbons (Fsp3) is 0.500. The van der Waals surface area contributed by atoms with E-state index >= 15 is 0 Å². The highest BCUT2D eigenvalue weighted by molar-refractivity contribution is 7.07. The summed E-state index contributed by atoms with van der Waals surface area (Å²) in [5.74, 6) is 0.00426. The van der Waals surface area contributed by atoms with E-state index < -0.39 is 0 Å². The Morgan fingerprint density at radius 1 is 1.36 bits per heavy atom. The third kappa shape index (κ3) is 2.61. The average molecular weight is 172 g/mol. The van der Waals surface area contributed by atoms with Gasteiger partial charge in [0.2, 0.25) is 0 Å². The minimum absolute atomic E-state index is 0.00426. The van der Waals surface area contributed by atoms with E-state index in [9.17, 15) is 0 Å². The molecule has 1 heterocycles. The van der Waals surface area contributed by atoms with Crippen LogP contribution in [0.25, 0.3) is 0 Å². The Labute approximate surface area is 70.1 Å². The van der Waals surface area contributed by atoms with Gasteiger partial charge in [0.1, 0.15) is 0 Å². The summed E-state index contributed by atoms with van der Waals surface area (Å²) in [6, 6.07) is 2.02. The third-order valence-corrected chi connectivity index (χ3v) is 2.35. The van der Waals surface area contributed by atoms with Crippen molar-refractivity contribution < 1.29 is 10.2 Å². The van der Waals surface area contributed by atoms with Crippen molar-refractivity contribution >= 4 is 11.3 Å². The second-order valence-corrected chi connectivity index (χ2v) is 3.35. The number of hydrogen-bond donors (Lipinski definition) is 2. The summed E-state index contributed by atoms with van der Waals surface area (Å²) in [5.41, 5.74) is 1.20. The second-order valence-electron chi connectivity index (χ2n) is 2.57. The van der Waals surface area contributed by atoms with E-state index in [0.717, 1.165) is 6.42 Å². The second kappa shape index (κ2) is 4.49. The lowest BCUT2D eigenvalue weighted by Crippen LogP contribution is -2.13. The molecular formula is C8H12O2S. The van der Waals surface area contributed by atoms with Gasteiger partial charge in [-0.2, -0.15) is 11.3 Å². The minimum atomic E-state index is 0.00426. The average Bonchev–Trinajstić information content (AvgIpc) is 2.52. The summed E-state index contributed by atoms with van der Waals surface area (Å²) in [5, 5.41) is 21.6. The van der Waals surface area contributed by atoms with Crippen LogP contribution in [0, 0.1) is 5.92 Å². The van der Waals surface area contributed by atoms with Crippen molar-refractivity contribution in [3.05, 3.63) is 22.4 Å². The molecular weight excluding hydrogens is 160 g/mol. The highest BCUT2D eigenvalue weighted by Gasteiger charge is 2.06. The molecule has 0 amide bonds. The first-order chi connectivity index (χ1) is 5.36. The number of hydrogen-bond acceptors (Lipinski definition) is 3. The van der Waals surface area contributed by atoms with Crippen molar-refractivity contribution in [3.8, 4) is 0 Å². The third-order valence-electron chi connectivity index (χ3n) is 1.62. The quantitative estimate of drug-likeness (QED) is 0.708. The van der Waals surface area contributed by atoms with Crippen molar-refractivity contribution in [3.63, 3.8) is 0 Å². The monoisotopic (exact) mass is 172 g/mol. The van der Waals surface area contributed by atoms with Crippen LogP contribution in [0.5, 0.6) is 0 Å². The predicted molar refractivity (Wildman–Crippen MR) is 45.7 cm³/mol. The van der Waals surface area contributed by atoms with Gasteiger partial charge in [0.25, 0.3) is 0 Å². The van der Waals surface area contributed by atoms with Crippen LogP contribution in [-0.2, 0) is 6.42 Å². The maximum atomic E-state index is 8.77. The van der Waals surface area contributed by atoms with Crippen LogP contribution in [0.4, 0.5) is 0 Å². The lowest BCUT2D eigenvalue weighted by molar-refractivity contribution is 0.150. The molecule has 62 valence electrons. The van der Waals surface area contributed by atoms with Gasteiger partial charge >= 0.3 is 0 Å². The smallest absolute Gasteiger partial charge is 0.0484 e. The minimum Gasteiger partial charge on any atom is -0.396 e. The van der Waals surface area contributed by atoms with E-state index in [-0.39, 0.29) is 19.1 Å². The molecule has 0 bridgehead atoms. The number of aliphatic hydroxyl groups is 2. The van der Waals surface area contributed by atoms with Gasteiger partial charge in [-0.05, 0) is 28.8 Å². The first kappa shape index (κ1) is 8.71. The summed E-state index contributed by atoms with van der Waals surface area (Å²) in [6.45, 7) is 0.124. The topological polar surface area (TPSA) is 40.5 Å². The molecule has 2 nitrogen and oxygen atoms in total. The van der Waals surface area contributed by atoms with E-state index in [4.69, 9.17) is 10.2 Å². The van der Waals surface area contributed by atoms with E-state index in [1.807, 2.05) is 16.8 Å². The number of aliphatic hydroxyl groups excluding tert-OH is 2. The maximum Gasteiger partial charge on any atom is 0.0484 e. The molecule has 3 heteroatoms. The van der Waals surface area contributed by atoms with E-state index in [1.54, 1.807) is 11.3 Å². The molecule has 1 aromatic heterocycles. The molecule has 0 saturated carbocycles. The van der Waals surface area contributed by atoms with Crippen molar-refractivity contribution in [1.29, 1.82) is 0 Å². The summed E-state index contributed by atoms with van der Waals surface area (Å²) < 4.78 is 0. The van der Waals surface area contributed by atoms with Gasteiger partial charge in [-0.1, -0.05) is 0 Å². The zero-order valence-electron chi connectivity index (χ0n) is 6.23. The molecule has 0 aliphatic rings. The van der Waals surface area contributed by atoms with Gasteiger partial charge in [-0.25, -0.2) is 0 Å². The van der Waals surface area contributed by atoms with Gasteiger partial charge in [0.05, 0.1) is 0 Å². The SMILES string of the molecule is OCC(CO)Cc1ccsc1. The Bertz CT molecular complexity index is 180. The van der Waals surface area contributed by atoms with Crippen LogP contribution < -0.4 is 0 Å². The summed E-state index contributed by atoms with van der Waals surface area (Å²) in [6.07, 6.45) is 0.774. The van der Waals surface area contributed by atoms with Gasteiger partial charge in [-0.3, -0.25) is 0 Å². The van der Waals surface area contributed by atoms with Crippen LogP contribution in [0.1, 0.15) is 5.56 Å². The fourth-order valence-corrected chi connectivity index (χ4v) is 1.61. The number of thiophene rings is 1. The lowest BCUT2D eigenvalue weighted by Gasteiger charge is -2.07. The molecule has 2 N–H and O–H groups in total. The van der Waals surface area contributed by atoms with Crippen molar-refractivity contribution in [2.45, 2.75) is 6.42 Å². The molecule has 0 aliphatic heterocycles. The van der Waals surface area contributed by atoms with Crippen LogP contribution in [-0.4, -0.2) is 23.4 Å². The van der Waals surface area contributed by atoms with Crippen LogP contribution >= 0.6 is 11.3 Å². The summed E-state index contributed by atoms with van der Waals surface area (Å²) >= 11 is 1.64. The zero-order chi connectivity index (χ0) is 8.10. The number of rotatable bonds is 4. The molecule has 1 aromatic rings. The van der Waals surface area contributed by atoms with Gasteiger partial charge in [-0.15, -0.1) is 0 Å². The van der Waals surface area contributed by atoms with Gasteiger partial charge < -0.3 is 10.2 Å². The molecule has 0 radical (unpaired) electrons. The highest BCUT2D eigenvalue weighted by atomic mass is 32.1. The Kier molecular flexibility index (Phi) is 3.56. The van der Waals surface area contributed by atoms with Crippen LogP contribution in [0.3, 0.4) is 0 Å². The highest BCUT2D eigenvalue weighted by Crippen LogP contribution is 2.11. The molecule has 0 saturated heterocycles. The molecule has 11 heavy (non-hydrogen) atoms. The fourth-order valence-electron chi connectivity index (χ4n) is 0.929. The van der Waals surface area contributed by atoms with Crippen molar-refractivity contribution in [2.24, 2.45) is 5.92 Å². The van der Waals surface area contributed by atoms with E-state index in [0.29, 0.717) is 0 Å². The predicted octanol–water partition coefficient (Wildman–Crippen LogP) is 0.891. The van der Waals surface area contributed by atoms with Crippen LogP contribution in [0.2, 0.25) is 0 Å². The Balaban J connectivity index is 2.41. The normalized spacial score (nSPS) is 10.8. The zero-order valence-corrected chi connectivity index (χ0v) is 7.05. The molecule has 0 unspecified atom stereocenters. The molecule has 0 atom stereocenters. The maximum absolute atomic E-state index is 8.77. The molecule has 0 fully saturated rings. The Hall–Kier alpha value is -0.380. The first-order valence-electron chi connectivity index (χ1n) is 3.59. The molecule has 0 spiro atoms. The lowest BCUT2D eigenvalue weighted by atomic mass is 10.0. The van der Waals surface area contributed by atoms with Crippen LogP contribution in [0.15, 0.2) is 16.8 Å². The Morgan fingerprint density at radius 3 is 2.55 bits per heavy atom. The van der Waals surface area contributed by atoms with Crippen molar-refractivity contribution in [1.82, 2.24) is 0 Å². The largest absolute Gasteiger partial charge is 0.396 e. The standard InChI is InChI=1S/C8H12O2S/c9-4-8(5-10)3-7-1-2-11-6-7/h1-2,6,8-10H,3-5H2. The van der Waals surface area contributed by atoms with Gasteiger partial charge in [0.15, 0.2) is 0 Å². The Morgan fingerprint density at radius 2 is 2.09 bits per heavy atom. The van der Waals surface area contributed by atoms with E-state index in [2.05, 4.69) is 0 Å². The molecule has 0 aromatic carbocycles. The molecule has 1 rings (SSSR count). The summed E-state index contributed by atoms with van der Waals surface area (Å²) in [4.78, 5) is 0. The first-order valence-corrected chi connectivity index (χ1v) is 4.54. The van der Waals surface area contributed by atoms with Gasteiger partial charge in [0, 0.05) is 19.1 Å². The van der Waals surface area contributed by atoms with Crippen molar-refractivity contribution in [2.75, 3.05) is 13.2 Å². The molecule has 0 aliphatic carbocycles.